The van der Waals surface area contributed by atoms with Crippen LogP contribution in [-0.2, 0) is 0 Å². The molecule has 0 N–H and O–H groups in total. The van der Waals surface area contributed by atoms with Crippen LogP contribution in [0.15, 0.2) is 35.5 Å². The number of aromatic nitrogens is 1. The topological polar surface area (TPSA) is 32.5 Å². The smallest absolute Gasteiger partial charge is 0.176 e. The first-order valence-electron chi connectivity index (χ1n) is 7.72. The molecule has 21 heavy (non-hydrogen) atoms. The summed E-state index contributed by atoms with van der Waals surface area (Å²) in [6.07, 6.45) is 4.39. The summed E-state index contributed by atoms with van der Waals surface area (Å²) < 4.78 is 5.42. The van der Waals surface area contributed by atoms with Gasteiger partial charge in [0.25, 0.3) is 0 Å². The minimum atomic E-state index is 0.568. The number of likely N-dealkylation sites (N-methyl/N-ethyl adjacent to an activating group) is 1. The van der Waals surface area contributed by atoms with Gasteiger partial charge < -0.3 is 14.3 Å². The highest BCUT2D eigenvalue weighted by Crippen LogP contribution is 2.34. The van der Waals surface area contributed by atoms with Crippen LogP contribution in [0.3, 0.4) is 0 Å². The molecule has 3 aliphatic rings. The van der Waals surface area contributed by atoms with Crippen LogP contribution in [0.1, 0.15) is 18.4 Å². The van der Waals surface area contributed by atoms with Gasteiger partial charge in [0.1, 0.15) is 0 Å². The second-order valence-electron chi connectivity index (χ2n) is 6.31. The number of nitrogens with zero attached hydrogens (tertiary/aromatic N) is 3. The van der Waals surface area contributed by atoms with E-state index in [0.717, 1.165) is 34.7 Å². The molecule has 3 fully saturated rings. The molecule has 2 aromatic rings. The fourth-order valence-electron chi connectivity index (χ4n) is 3.88. The SMILES string of the molecule is C=C(c1cccc2cnoc12)N(C)C1CN2CCC1CC2. The summed E-state index contributed by atoms with van der Waals surface area (Å²) >= 11 is 0. The molecule has 4 heteroatoms. The maximum atomic E-state index is 5.42. The van der Waals surface area contributed by atoms with Crippen molar-refractivity contribution in [1.82, 2.24) is 15.0 Å². The molecule has 3 saturated heterocycles. The fraction of sp³-hybridized carbons (Fsp3) is 0.471. The molecular weight excluding hydrogens is 262 g/mol. The Balaban J connectivity index is 1.63. The molecule has 3 aliphatic heterocycles. The molecule has 1 aromatic heterocycles. The van der Waals surface area contributed by atoms with Crippen LogP contribution in [0.25, 0.3) is 16.7 Å². The summed E-state index contributed by atoms with van der Waals surface area (Å²) in [7, 11) is 2.17. The van der Waals surface area contributed by atoms with E-state index in [1.165, 1.54) is 25.9 Å². The van der Waals surface area contributed by atoms with E-state index in [1.807, 2.05) is 12.1 Å². The lowest BCUT2D eigenvalue weighted by Crippen LogP contribution is -2.55. The highest BCUT2D eigenvalue weighted by Gasteiger charge is 2.37. The number of rotatable bonds is 3. The molecule has 2 bridgehead atoms. The normalized spacial score (nSPS) is 28.0. The molecule has 110 valence electrons. The second kappa shape index (κ2) is 4.88. The molecular formula is C17H21N3O. The Bertz CT molecular complexity index is 669. The minimum absolute atomic E-state index is 0.568. The molecule has 0 saturated carbocycles. The van der Waals surface area contributed by atoms with E-state index in [2.05, 4.69) is 34.6 Å². The zero-order valence-corrected chi connectivity index (χ0v) is 12.5. The molecule has 4 heterocycles. The van der Waals surface area contributed by atoms with Gasteiger partial charge >= 0.3 is 0 Å². The Labute approximate surface area is 125 Å². The highest BCUT2D eigenvalue weighted by molar-refractivity contribution is 5.88. The Morgan fingerprint density at radius 3 is 2.90 bits per heavy atom. The van der Waals surface area contributed by atoms with E-state index in [1.54, 1.807) is 6.20 Å². The molecule has 5 rings (SSSR count). The molecule has 0 spiro atoms. The monoisotopic (exact) mass is 283 g/mol. The van der Waals surface area contributed by atoms with Crippen molar-refractivity contribution in [2.45, 2.75) is 18.9 Å². The average Bonchev–Trinajstić information content (AvgIpc) is 3.03. The molecule has 1 atom stereocenters. The Kier molecular flexibility index (Phi) is 3.00. The van der Waals surface area contributed by atoms with E-state index in [-0.39, 0.29) is 0 Å². The van der Waals surface area contributed by atoms with E-state index in [0.29, 0.717) is 6.04 Å². The summed E-state index contributed by atoms with van der Waals surface area (Å²) in [5.41, 5.74) is 2.94. The van der Waals surface area contributed by atoms with Crippen molar-refractivity contribution in [1.29, 1.82) is 0 Å². The Morgan fingerprint density at radius 2 is 2.19 bits per heavy atom. The van der Waals surface area contributed by atoms with Gasteiger partial charge in [-0.3, -0.25) is 0 Å². The minimum Gasteiger partial charge on any atom is -0.370 e. The number of fused-ring (bicyclic) bond motifs is 4. The van der Waals surface area contributed by atoms with Crippen LogP contribution in [0, 0.1) is 5.92 Å². The van der Waals surface area contributed by atoms with Gasteiger partial charge in [0.2, 0.25) is 0 Å². The van der Waals surface area contributed by atoms with Crippen molar-refractivity contribution in [2.75, 3.05) is 26.7 Å². The number of benzene rings is 1. The molecule has 4 nitrogen and oxygen atoms in total. The van der Waals surface area contributed by atoms with Crippen molar-refractivity contribution < 1.29 is 4.52 Å². The van der Waals surface area contributed by atoms with Gasteiger partial charge in [0.15, 0.2) is 5.58 Å². The molecule has 0 amide bonds. The van der Waals surface area contributed by atoms with Crippen LogP contribution in [0.2, 0.25) is 0 Å². The number of hydrogen-bond acceptors (Lipinski definition) is 4. The van der Waals surface area contributed by atoms with E-state index in [9.17, 15) is 0 Å². The summed E-state index contributed by atoms with van der Waals surface area (Å²) in [5.74, 6) is 0.797. The average molecular weight is 283 g/mol. The van der Waals surface area contributed by atoms with E-state index >= 15 is 0 Å². The maximum Gasteiger partial charge on any atom is 0.176 e. The fourth-order valence-corrected chi connectivity index (χ4v) is 3.88. The number of para-hydroxylation sites is 1. The first kappa shape index (κ1) is 12.9. The molecule has 1 aromatic carbocycles. The van der Waals surface area contributed by atoms with Crippen LogP contribution >= 0.6 is 0 Å². The summed E-state index contributed by atoms with van der Waals surface area (Å²) in [6, 6.07) is 6.72. The lowest BCUT2D eigenvalue weighted by atomic mass is 9.83. The summed E-state index contributed by atoms with van der Waals surface area (Å²) in [4.78, 5) is 4.93. The van der Waals surface area contributed by atoms with Gasteiger partial charge in [0.05, 0.1) is 6.20 Å². The number of hydrogen-bond donors (Lipinski definition) is 0. The number of piperidine rings is 3. The summed E-state index contributed by atoms with van der Waals surface area (Å²) in [5, 5.41) is 4.95. The highest BCUT2D eigenvalue weighted by atomic mass is 16.5. The molecule has 0 aliphatic carbocycles. The third-order valence-corrected chi connectivity index (χ3v) is 5.24. The van der Waals surface area contributed by atoms with Gasteiger partial charge in [-0.15, -0.1) is 0 Å². The van der Waals surface area contributed by atoms with Crippen molar-refractivity contribution in [3.8, 4) is 0 Å². The second-order valence-corrected chi connectivity index (χ2v) is 6.31. The quantitative estimate of drug-likeness (QED) is 0.867. The van der Waals surface area contributed by atoms with Crippen molar-refractivity contribution in [3.63, 3.8) is 0 Å². The largest absolute Gasteiger partial charge is 0.370 e. The molecule has 0 radical (unpaired) electrons. The predicted molar refractivity (Wildman–Crippen MR) is 83.8 cm³/mol. The first-order valence-corrected chi connectivity index (χ1v) is 7.72. The van der Waals surface area contributed by atoms with Crippen LogP contribution in [-0.4, -0.2) is 47.7 Å². The lowest BCUT2D eigenvalue weighted by Gasteiger charge is -2.49. The third kappa shape index (κ3) is 2.05. The van der Waals surface area contributed by atoms with Crippen LogP contribution in [0.4, 0.5) is 0 Å². The zero-order chi connectivity index (χ0) is 14.4. The van der Waals surface area contributed by atoms with E-state index in [4.69, 9.17) is 4.52 Å². The first-order chi connectivity index (χ1) is 10.2. The standard InChI is InChI=1S/C17H21N3O/c1-12(15-5-3-4-14-10-18-21-17(14)15)19(2)16-11-20-8-6-13(16)7-9-20/h3-5,10,13,16H,1,6-9,11H2,2H3. The Morgan fingerprint density at radius 1 is 1.38 bits per heavy atom. The van der Waals surface area contributed by atoms with Crippen molar-refractivity contribution in [2.24, 2.45) is 5.92 Å². The zero-order valence-electron chi connectivity index (χ0n) is 12.5. The van der Waals surface area contributed by atoms with E-state index < -0.39 is 0 Å². The van der Waals surface area contributed by atoms with Crippen molar-refractivity contribution >= 4 is 16.7 Å². The van der Waals surface area contributed by atoms with Crippen molar-refractivity contribution in [3.05, 3.63) is 36.5 Å². The van der Waals surface area contributed by atoms with Gasteiger partial charge in [-0.2, -0.15) is 0 Å². The van der Waals surface area contributed by atoms with Gasteiger partial charge in [0, 0.05) is 36.3 Å². The third-order valence-electron chi connectivity index (χ3n) is 5.24. The van der Waals surface area contributed by atoms with Gasteiger partial charge in [-0.25, -0.2) is 0 Å². The molecule has 1 unspecified atom stereocenters. The predicted octanol–water partition coefficient (Wildman–Crippen LogP) is 2.82. The Hall–Kier alpha value is -1.81. The van der Waals surface area contributed by atoms with Gasteiger partial charge in [-0.05, 0) is 44.0 Å². The van der Waals surface area contributed by atoms with Crippen LogP contribution in [0.5, 0.6) is 0 Å². The lowest BCUT2D eigenvalue weighted by molar-refractivity contribution is 0.0389. The van der Waals surface area contributed by atoms with Crippen LogP contribution < -0.4 is 0 Å². The van der Waals surface area contributed by atoms with Gasteiger partial charge in [-0.1, -0.05) is 17.8 Å². The maximum absolute atomic E-state index is 5.42. The summed E-state index contributed by atoms with van der Waals surface area (Å²) in [6.45, 7) is 8.02.